The molecule has 0 aliphatic carbocycles. The molecule has 301 valence electrons. The SMILES string of the molecule is CCC(C)(CC)C(=O)/C=C(\O)C(C)(CC)CC.Cc1c(CC(C)C)oc2ccc(-c3oc4c(-c5[c-]c6ccccc6c(C(C)(C)C)c5)nccc4c3C)cc12.[Ir]. The van der Waals surface area contributed by atoms with Gasteiger partial charge < -0.3 is 13.9 Å². The quantitative estimate of drug-likeness (QED) is 0.0796. The Morgan fingerprint density at radius 1 is 0.821 bits per heavy atom. The Morgan fingerprint density at radius 2 is 1.46 bits per heavy atom. The number of ketones is 1. The molecule has 5 nitrogen and oxygen atoms in total. The summed E-state index contributed by atoms with van der Waals surface area (Å²) in [6.45, 7) is 27.6. The van der Waals surface area contributed by atoms with E-state index in [1.54, 1.807) is 0 Å². The zero-order valence-corrected chi connectivity index (χ0v) is 38.3. The first-order chi connectivity index (χ1) is 25.9. The third-order valence-electron chi connectivity index (χ3n) is 12.2. The van der Waals surface area contributed by atoms with Gasteiger partial charge in [0.2, 0.25) is 0 Å². The molecule has 6 aromatic rings. The molecule has 1 N–H and O–H groups in total. The number of fused-ring (bicyclic) bond motifs is 3. The molecule has 3 aromatic heterocycles. The minimum absolute atomic E-state index is 0. The van der Waals surface area contributed by atoms with Gasteiger partial charge in [0.1, 0.15) is 28.4 Å². The van der Waals surface area contributed by atoms with Crippen molar-refractivity contribution in [3.8, 4) is 22.6 Å². The van der Waals surface area contributed by atoms with E-state index in [-0.39, 0.29) is 47.9 Å². The molecular formula is C50H62IrNO4-. The summed E-state index contributed by atoms with van der Waals surface area (Å²) in [4.78, 5) is 17.0. The number of carbonyl (C=O) groups is 1. The molecular weight excluding hydrogens is 871 g/mol. The predicted octanol–water partition coefficient (Wildman–Crippen LogP) is 14.6. The number of pyridine rings is 1. The summed E-state index contributed by atoms with van der Waals surface area (Å²) in [7, 11) is 0. The van der Waals surface area contributed by atoms with Gasteiger partial charge in [0.05, 0.1) is 0 Å². The van der Waals surface area contributed by atoms with Gasteiger partial charge in [-0.25, -0.2) is 0 Å². The van der Waals surface area contributed by atoms with Crippen LogP contribution in [0.3, 0.4) is 0 Å². The summed E-state index contributed by atoms with van der Waals surface area (Å²) in [5, 5.41) is 14.7. The number of aromatic nitrogens is 1. The number of hydrogen-bond acceptors (Lipinski definition) is 5. The molecule has 0 saturated heterocycles. The molecule has 0 aliphatic rings. The van der Waals surface area contributed by atoms with E-state index in [4.69, 9.17) is 13.8 Å². The van der Waals surface area contributed by atoms with E-state index >= 15 is 0 Å². The normalized spacial score (nSPS) is 12.6. The van der Waals surface area contributed by atoms with E-state index in [1.165, 1.54) is 22.6 Å². The maximum Gasteiger partial charge on any atom is 0.164 e. The largest absolute Gasteiger partial charge is 0.512 e. The van der Waals surface area contributed by atoms with Crippen LogP contribution in [0.5, 0.6) is 0 Å². The fourth-order valence-corrected chi connectivity index (χ4v) is 7.25. The molecule has 6 rings (SSSR count). The van der Waals surface area contributed by atoms with Gasteiger partial charge in [0.15, 0.2) is 5.78 Å². The van der Waals surface area contributed by atoms with Crippen LogP contribution in [0.2, 0.25) is 0 Å². The topological polar surface area (TPSA) is 76.5 Å². The average molecular weight is 933 g/mol. The van der Waals surface area contributed by atoms with E-state index in [2.05, 4.69) is 109 Å². The minimum atomic E-state index is -0.337. The number of allylic oxidation sites excluding steroid dienone is 2. The fraction of sp³-hybridized carbons (Fsp3) is 0.440. The first-order valence-electron chi connectivity index (χ1n) is 20.2. The molecule has 6 heteroatoms. The number of rotatable bonds is 11. The van der Waals surface area contributed by atoms with Crippen LogP contribution in [0.15, 0.2) is 81.5 Å². The van der Waals surface area contributed by atoms with Gasteiger partial charge in [-0.1, -0.05) is 105 Å². The Hall–Kier alpha value is -3.99. The molecule has 0 saturated carbocycles. The van der Waals surface area contributed by atoms with E-state index in [9.17, 15) is 9.90 Å². The number of carbonyl (C=O) groups excluding carboxylic acids is 1. The van der Waals surface area contributed by atoms with Crippen molar-refractivity contribution >= 4 is 38.5 Å². The zero-order valence-electron chi connectivity index (χ0n) is 35.9. The monoisotopic (exact) mass is 933 g/mol. The average Bonchev–Trinajstić information content (AvgIpc) is 3.67. The summed E-state index contributed by atoms with van der Waals surface area (Å²) in [6, 6.07) is 22.8. The fourth-order valence-electron chi connectivity index (χ4n) is 7.25. The van der Waals surface area contributed by atoms with Gasteiger partial charge in [-0.05, 0) is 80.7 Å². The number of aliphatic hydroxyl groups excluding tert-OH is 1. The Balaban J connectivity index is 0.000000330. The second-order valence-electron chi connectivity index (χ2n) is 17.4. The van der Waals surface area contributed by atoms with Crippen molar-refractivity contribution < 1.29 is 38.8 Å². The Kier molecular flexibility index (Phi) is 14.1. The van der Waals surface area contributed by atoms with Gasteiger partial charge in [0, 0.05) is 77.2 Å². The summed E-state index contributed by atoms with van der Waals surface area (Å²) in [5.74, 6) is 2.78. The maximum atomic E-state index is 12.2. The molecule has 0 bridgehead atoms. The van der Waals surface area contributed by atoms with Gasteiger partial charge in [-0.2, -0.15) is 0 Å². The molecule has 0 fully saturated rings. The molecule has 1 radical (unpaired) electrons. The standard InChI is InChI=1S/C35H34NO2.C15H28O2.Ir/c1-20(2)16-31-21(3)28-18-24(12-13-30(28)37-31)33-22(4)26-14-15-36-32(34(26)38-33)25-17-23-10-8-9-11-27(23)29(19-25)35(5,6)7;1-7-14(5,8-2)12(16)11-13(17)15(6,9-3)10-4;/h8-15,18-20H,16H2,1-7H3;11,16H,7-10H2,1-6H3;/q-1;;/b;12-11-;. The van der Waals surface area contributed by atoms with E-state index in [1.807, 2.05) is 47.7 Å². The summed E-state index contributed by atoms with van der Waals surface area (Å²) < 4.78 is 12.9. The smallest absolute Gasteiger partial charge is 0.164 e. The number of furan rings is 2. The van der Waals surface area contributed by atoms with Crippen molar-refractivity contribution in [1.29, 1.82) is 0 Å². The molecule has 0 atom stereocenters. The number of aliphatic hydroxyl groups is 1. The Bertz CT molecular complexity index is 2340. The van der Waals surface area contributed by atoms with Gasteiger partial charge in [-0.15, -0.1) is 29.1 Å². The Labute approximate surface area is 348 Å². The third kappa shape index (κ3) is 8.93. The first-order valence-corrected chi connectivity index (χ1v) is 20.2. The van der Waals surface area contributed by atoms with Crippen molar-refractivity contribution in [1.82, 2.24) is 4.98 Å². The van der Waals surface area contributed by atoms with Crippen LogP contribution in [-0.4, -0.2) is 15.9 Å². The number of benzene rings is 3. The molecule has 0 aliphatic heterocycles. The van der Waals surface area contributed by atoms with E-state index in [0.29, 0.717) is 5.92 Å². The van der Waals surface area contributed by atoms with Crippen LogP contribution >= 0.6 is 0 Å². The van der Waals surface area contributed by atoms with Crippen molar-refractivity contribution in [2.75, 3.05) is 0 Å². The second-order valence-corrected chi connectivity index (χ2v) is 17.4. The minimum Gasteiger partial charge on any atom is -0.512 e. The van der Waals surface area contributed by atoms with Crippen LogP contribution in [0.4, 0.5) is 0 Å². The second kappa shape index (κ2) is 17.7. The van der Waals surface area contributed by atoms with Gasteiger partial charge >= 0.3 is 0 Å². The van der Waals surface area contributed by atoms with Crippen LogP contribution in [0.25, 0.3) is 55.3 Å². The Morgan fingerprint density at radius 3 is 2.07 bits per heavy atom. The summed E-state index contributed by atoms with van der Waals surface area (Å²) in [5.41, 5.74) is 7.55. The van der Waals surface area contributed by atoms with Crippen LogP contribution in [0.1, 0.15) is 124 Å². The molecule has 0 unspecified atom stereocenters. The van der Waals surface area contributed by atoms with Crippen molar-refractivity contribution in [3.05, 3.63) is 101 Å². The predicted molar refractivity (Wildman–Crippen MR) is 231 cm³/mol. The molecule has 0 spiro atoms. The third-order valence-corrected chi connectivity index (χ3v) is 12.2. The number of aryl methyl sites for hydroxylation is 2. The van der Waals surface area contributed by atoms with Crippen LogP contribution < -0.4 is 0 Å². The number of hydrogen-bond donors (Lipinski definition) is 1. The molecule has 3 heterocycles. The maximum absolute atomic E-state index is 12.2. The van der Waals surface area contributed by atoms with Gasteiger partial charge in [-0.3, -0.25) is 9.78 Å². The first kappa shape index (κ1) is 44.7. The molecule has 3 aromatic carbocycles. The van der Waals surface area contributed by atoms with Crippen LogP contribution in [0, 0.1) is 36.7 Å². The van der Waals surface area contributed by atoms with E-state index in [0.717, 1.165) is 93.3 Å². The molecule has 56 heavy (non-hydrogen) atoms. The van der Waals surface area contributed by atoms with Crippen molar-refractivity contribution in [3.63, 3.8) is 0 Å². The van der Waals surface area contributed by atoms with Crippen LogP contribution in [-0.2, 0) is 36.7 Å². The van der Waals surface area contributed by atoms with Gasteiger partial charge in [0.25, 0.3) is 0 Å². The van der Waals surface area contributed by atoms with Crippen molar-refractivity contribution in [2.45, 2.75) is 128 Å². The molecule has 0 amide bonds. The van der Waals surface area contributed by atoms with Crippen molar-refractivity contribution in [2.24, 2.45) is 16.7 Å². The zero-order chi connectivity index (χ0) is 40.5. The number of nitrogens with zero attached hydrogens (tertiary/aromatic N) is 1. The van der Waals surface area contributed by atoms with E-state index < -0.39 is 0 Å². The summed E-state index contributed by atoms with van der Waals surface area (Å²) >= 11 is 0. The summed E-state index contributed by atoms with van der Waals surface area (Å²) in [6.07, 6.45) is 7.57.